The molecule has 0 saturated carbocycles. The van der Waals surface area contributed by atoms with Gasteiger partial charge in [0.2, 0.25) is 5.91 Å². The van der Waals surface area contributed by atoms with E-state index >= 15 is 0 Å². The van der Waals surface area contributed by atoms with Crippen molar-refractivity contribution in [2.45, 2.75) is 13.0 Å². The topological polar surface area (TPSA) is 45.5 Å². The Balaban J connectivity index is 2.36. The standard InChI is InChI=1S/C10H16N2O2/c1-8(9-5-4-6-14-9)11-7-10(13)12(2)3/h4-6,8,11H,7H2,1-3H3/t8-/m1/s1. The highest BCUT2D eigenvalue weighted by atomic mass is 16.3. The molecule has 0 unspecified atom stereocenters. The molecule has 0 aromatic carbocycles. The third kappa shape index (κ3) is 2.88. The lowest BCUT2D eigenvalue weighted by molar-refractivity contribution is -0.127. The first kappa shape index (κ1) is 10.8. The van der Waals surface area contributed by atoms with Crippen LogP contribution in [0.1, 0.15) is 18.7 Å². The summed E-state index contributed by atoms with van der Waals surface area (Å²) in [7, 11) is 3.48. The van der Waals surface area contributed by atoms with Gasteiger partial charge in [0.05, 0.1) is 18.8 Å². The Morgan fingerprint density at radius 2 is 2.36 bits per heavy atom. The molecule has 0 aliphatic rings. The predicted molar refractivity (Wildman–Crippen MR) is 53.8 cm³/mol. The molecule has 14 heavy (non-hydrogen) atoms. The van der Waals surface area contributed by atoms with Gasteiger partial charge in [0.15, 0.2) is 0 Å². The van der Waals surface area contributed by atoms with E-state index in [-0.39, 0.29) is 11.9 Å². The lowest BCUT2D eigenvalue weighted by Gasteiger charge is -2.14. The van der Waals surface area contributed by atoms with Gasteiger partial charge < -0.3 is 9.32 Å². The average Bonchev–Trinajstić information content (AvgIpc) is 2.66. The van der Waals surface area contributed by atoms with Crippen molar-refractivity contribution in [2.24, 2.45) is 0 Å². The number of carbonyl (C=O) groups is 1. The smallest absolute Gasteiger partial charge is 0.236 e. The van der Waals surface area contributed by atoms with Gasteiger partial charge in [-0.15, -0.1) is 0 Å². The molecule has 4 nitrogen and oxygen atoms in total. The van der Waals surface area contributed by atoms with Crippen molar-refractivity contribution in [3.05, 3.63) is 24.2 Å². The number of nitrogens with one attached hydrogen (secondary N) is 1. The van der Waals surface area contributed by atoms with Crippen LogP contribution in [0.4, 0.5) is 0 Å². The van der Waals surface area contributed by atoms with Crippen molar-refractivity contribution in [3.63, 3.8) is 0 Å². The van der Waals surface area contributed by atoms with Crippen LogP contribution in [0, 0.1) is 0 Å². The van der Waals surface area contributed by atoms with Crippen molar-refractivity contribution < 1.29 is 9.21 Å². The van der Waals surface area contributed by atoms with Gasteiger partial charge in [-0.1, -0.05) is 0 Å². The van der Waals surface area contributed by atoms with Crippen LogP contribution in [-0.2, 0) is 4.79 Å². The van der Waals surface area contributed by atoms with Crippen LogP contribution >= 0.6 is 0 Å². The summed E-state index contributed by atoms with van der Waals surface area (Å²) in [5.74, 6) is 0.903. The fourth-order valence-corrected chi connectivity index (χ4v) is 1.04. The van der Waals surface area contributed by atoms with Crippen LogP contribution in [0.3, 0.4) is 0 Å². The molecule has 0 aliphatic carbocycles. The number of hydrogen-bond acceptors (Lipinski definition) is 3. The molecule has 1 aromatic heterocycles. The van der Waals surface area contributed by atoms with E-state index in [4.69, 9.17) is 4.42 Å². The number of furan rings is 1. The molecule has 0 fully saturated rings. The largest absolute Gasteiger partial charge is 0.468 e. The second kappa shape index (κ2) is 4.81. The maximum absolute atomic E-state index is 11.2. The van der Waals surface area contributed by atoms with E-state index in [1.54, 1.807) is 25.3 Å². The number of carbonyl (C=O) groups excluding carboxylic acids is 1. The van der Waals surface area contributed by atoms with Gasteiger partial charge in [-0.3, -0.25) is 10.1 Å². The van der Waals surface area contributed by atoms with E-state index in [9.17, 15) is 4.79 Å². The second-order valence-corrected chi connectivity index (χ2v) is 3.41. The summed E-state index contributed by atoms with van der Waals surface area (Å²) in [6.45, 7) is 2.29. The molecule has 1 N–H and O–H groups in total. The van der Waals surface area contributed by atoms with E-state index in [2.05, 4.69) is 5.32 Å². The summed E-state index contributed by atoms with van der Waals surface area (Å²) in [6, 6.07) is 3.79. The molecular weight excluding hydrogens is 180 g/mol. The fourth-order valence-electron chi connectivity index (χ4n) is 1.04. The van der Waals surface area contributed by atoms with Crippen LogP contribution in [0.15, 0.2) is 22.8 Å². The van der Waals surface area contributed by atoms with E-state index in [0.29, 0.717) is 6.54 Å². The highest BCUT2D eigenvalue weighted by Crippen LogP contribution is 2.11. The lowest BCUT2D eigenvalue weighted by atomic mass is 10.2. The zero-order valence-corrected chi connectivity index (χ0v) is 8.78. The minimum Gasteiger partial charge on any atom is -0.468 e. The maximum Gasteiger partial charge on any atom is 0.236 e. The van der Waals surface area contributed by atoms with E-state index in [1.807, 2.05) is 19.1 Å². The zero-order chi connectivity index (χ0) is 10.6. The Labute approximate surface area is 83.9 Å². The van der Waals surface area contributed by atoms with Crippen LogP contribution < -0.4 is 5.32 Å². The highest BCUT2D eigenvalue weighted by Gasteiger charge is 2.10. The van der Waals surface area contributed by atoms with Gasteiger partial charge in [0.1, 0.15) is 5.76 Å². The molecule has 1 amide bonds. The molecule has 0 spiro atoms. The molecular formula is C10H16N2O2. The monoisotopic (exact) mass is 196 g/mol. The summed E-state index contributed by atoms with van der Waals surface area (Å²) < 4.78 is 5.20. The van der Waals surface area contributed by atoms with Crippen molar-refractivity contribution in [1.82, 2.24) is 10.2 Å². The SMILES string of the molecule is C[C@@H](NCC(=O)N(C)C)c1ccco1. The summed E-state index contributed by atoms with van der Waals surface area (Å²) in [5.41, 5.74) is 0. The molecule has 0 aliphatic heterocycles. The molecule has 4 heteroatoms. The summed E-state index contributed by atoms with van der Waals surface area (Å²) >= 11 is 0. The first-order valence-electron chi connectivity index (χ1n) is 4.58. The normalized spacial score (nSPS) is 12.5. The van der Waals surface area contributed by atoms with Gasteiger partial charge in [-0.05, 0) is 19.1 Å². The first-order chi connectivity index (χ1) is 6.61. The average molecular weight is 196 g/mol. The molecule has 1 heterocycles. The fraction of sp³-hybridized carbons (Fsp3) is 0.500. The summed E-state index contributed by atoms with van der Waals surface area (Å²) in [4.78, 5) is 12.8. The molecule has 1 rings (SSSR count). The molecule has 0 bridgehead atoms. The summed E-state index contributed by atoms with van der Waals surface area (Å²) in [6.07, 6.45) is 1.63. The van der Waals surface area contributed by atoms with Crippen molar-refractivity contribution in [1.29, 1.82) is 0 Å². The number of hydrogen-bond donors (Lipinski definition) is 1. The minimum atomic E-state index is 0.0587. The zero-order valence-electron chi connectivity index (χ0n) is 8.78. The molecule has 78 valence electrons. The molecule has 0 saturated heterocycles. The van der Waals surface area contributed by atoms with Crippen LogP contribution in [0.2, 0.25) is 0 Å². The Kier molecular flexibility index (Phi) is 3.71. The Hall–Kier alpha value is -1.29. The van der Waals surface area contributed by atoms with E-state index < -0.39 is 0 Å². The van der Waals surface area contributed by atoms with Crippen molar-refractivity contribution in [3.8, 4) is 0 Å². The van der Waals surface area contributed by atoms with Crippen LogP contribution in [0.25, 0.3) is 0 Å². The number of likely N-dealkylation sites (N-methyl/N-ethyl adjacent to an activating group) is 1. The number of amides is 1. The lowest BCUT2D eigenvalue weighted by Crippen LogP contribution is -2.34. The number of nitrogens with zero attached hydrogens (tertiary/aromatic N) is 1. The van der Waals surface area contributed by atoms with E-state index in [0.717, 1.165) is 5.76 Å². The Morgan fingerprint density at radius 1 is 1.64 bits per heavy atom. The number of rotatable bonds is 4. The van der Waals surface area contributed by atoms with Crippen molar-refractivity contribution >= 4 is 5.91 Å². The van der Waals surface area contributed by atoms with Gasteiger partial charge in [0.25, 0.3) is 0 Å². The highest BCUT2D eigenvalue weighted by molar-refractivity contribution is 5.77. The Bertz CT molecular complexity index is 280. The maximum atomic E-state index is 11.2. The third-order valence-corrected chi connectivity index (χ3v) is 2.03. The molecule has 1 aromatic rings. The van der Waals surface area contributed by atoms with Crippen LogP contribution in [-0.4, -0.2) is 31.4 Å². The van der Waals surface area contributed by atoms with Gasteiger partial charge in [-0.25, -0.2) is 0 Å². The molecule has 1 atom stereocenters. The van der Waals surface area contributed by atoms with Gasteiger partial charge >= 0.3 is 0 Å². The molecule has 0 radical (unpaired) electrons. The predicted octanol–water partition coefficient (Wildman–Crippen LogP) is 1.02. The Morgan fingerprint density at radius 3 is 2.86 bits per heavy atom. The third-order valence-electron chi connectivity index (χ3n) is 2.03. The van der Waals surface area contributed by atoms with Crippen LogP contribution in [0.5, 0.6) is 0 Å². The quantitative estimate of drug-likeness (QED) is 0.782. The second-order valence-electron chi connectivity index (χ2n) is 3.41. The summed E-state index contributed by atoms with van der Waals surface area (Å²) in [5, 5.41) is 3.08. The van der Waals surface area contributed by atoms with Gasteiger partial charge in [-0.2, -0.15) is 0 Å². The minimum absolute atomic E-state index is 0.0587. The first-order valence-corrected chi connectivity index (χ1v) is 4.58. The van der Waals surface area contributed by atoms with E-state index in [1.165, 1.54) is 0 Å². The van der Waals surface area contributed by atoms with Gasteiger partial charge in [0, 0.05) is 14.1 Å². The van der Waals surface area contributed by atoms with Crippen molar-refractivity contribution in [2.75, 3.05) is 20.6 Å².